The van der Waals surface area contributed by atoms with Crippen molar-refractivity contribution in [3.63, 3.8) is 0 Å². The highest BCUT2D eigenvalue weighted by Gasteiger charge is 2.15. The number of nitrogens with one attached hydrogen (secondary N) is 1. The summed E-state index contributed by atoms with van der Waals surface area (Å²) in [5, 5.41) is 3.66. The number of unbranched alkanes of at least 4 members (excludes halogenated alkanes) is 13. The lowest BCUT2D eigenvalue weighted by atomic mass is 9.95. The summed E-state index contributed by atoms with van der Waals surface area (Å²) in [6.45, 7) is 13.6. The van der Waals surface area contributed by atoms with E-state index in [0.717, 1.165) is 19.4 Å². The van der Waals surface area contributed by atoms with Gasteiger partial charge in [-0.05, 0) is 46.6 Å². The predicted molar refractivity (Wildman–Crippen MR) is 127 cm³/mol. The third kappa shape index (κ3) is 20.2. The van der Waals surface area contributed by atoms with Crippen LogP contribution in [0.2, 0.25) is 0 Å². The van der Waals surface area contributed by atoms with Gasteiger partial charge in [-0.15, -0.1) is 0 Å². The quantitative estimate of drug-likeness (QED) is 0.120. The first-order valence-electron chi connectivity index (χ1n) is 12.5. The van der Waals surface area contributed by atoms with Gasteiger partial charge < -0.3 is 10.1 Å². The van der Waals surface area contributed by atoms with Crippen molar-refractivity contribution in [2.45, 2.75) is 136 Å². The molecular weight excluding hydrogens is 358 g/mol. The Hall–Kier alpha value is -0.830. The van der Waals surface area contributed by atoms with E-state index in [2.05, 4.69) is 32.7 Å². The monoisotopic (exact) mass is 409 g/mol. The lowest BCUT2D eigenvalue weighted by Crippen LogP contribution is -2.39. The molecule has 0 aliphatic heterocycles. The Morgan fingerprint density at radius 1 is 0.793 bits per heavy atom. The molecule has 0 aromatic carbocycles. The molecule has 3 nitrogen and oxygen atoms in total. The lowest BCUT2D eigenvalue weighted by molar-refractivity contribution is -0.139. The Morgan fingerprint density at radius 3 is 1.76 bits per heavy atom. The van der Waals surface area contributed by atoms with Gasteiger partial charge in [0.25, 0.3) is 0 Å². The van der Waals surface area contributed by atoms with Crippen LogP contribution in [0.15, 0.2) is 12.2 Å². The molecule has 0 amide bonds. The first-order chi connectivity index (χ1) is 13.9. The summed E-state index contributed by atoms with van der Waals surface area (Å²) in [6, 6.07) is 0. The van der Waals surface area contributed by atoms with E-state index in [1.807, 2.05) is 0 Å². The van der Waals surface area contributed by atoms with Crippen LogP contribution in [0.5, 0.6) is 0 Å². The molecule has 0 bridgehead atoms. The van der Waals surface area contributed by atoms with Gasteiger partial charge in [0.1, 0.15) is 0 Å². The van der Waals surface area contributed by atoms with Gasteiger partial charge in [-0.3, -0.25) is 0 Å². The molecule has 0 saturated heterocycles. The Balaban J connectivity index is 3.39. The molecule has 0 aromatic rings. The van der Waals surface area contributed by atoms with Crippen LogP contribution >= 0.6 is 0 Å². The van der Waals surface area contributed by atoms with Gasteiger partial charge in [0.2, 0.25) is 0 Å². The predicted octanol–water partition coefficient (Wildman–Crippen LogP) is 7.74. The van der Waals surface area contributed by atoms with Crippen molar-refractivity contribution in [2.75, 3.05) is 13.2 Å². The van der Waals surface area contributed by atoms with Crippen LogP contribution in [-0.2, 0) is 9.53 Å². The zero-order chi connectivity index (χ0) is 21.8. The van der Waals surface area contributed by atoms with Crippen LogP contribution in [0.25, 0.3) is 0 Å². The standard InChI is InChI=1S/C26H51NO2/c1-6-7-8-9-10-11-12-13-14-15-16-17-18-21-26(4,5)27-22-19-20-23-29-25(28)24(2)3/h27H,2,6-23H2,1,3-5H3. The molecular formula is C26H51NO2. The maximum absolute atomic E-state index is 11.3. The fraction of sp³-hybridized carbons (Fsp3) is 0.885. The maximum Gasteiger partial charge on any atom is 0.333 e. The van der Waals surface area contributed by atoms with Crippen LogP contribution in [0.4, 0.5) is 0 Å². The van der Waals surface area contributed by atoms with E-state index >= 15 is 0 Å². The summed E-state index contributed by atoms with van der Waals surface area (Å²) >= 11 is 0. The molecule has 1 N–H and O–H groups in total. The van der Waals surface area contributed by atoms with E-state index in [9.17, 15) is 4.79 Å². The van der Waals surface area contributed by atoms with E-state index in [1.165, 1.54) is 89.9 Å². The van der Waals surface area contributed by atoms with Crippen molar-refractivity contribution in [3.8, 4) is 0 Å². The molecule has 0 fully saturated rings. The van der Waals surface area contributed by atoms with Gasteiger partial charge in [-0.1, -0.05) is 97.0 Å². The SMILES string of the molecule is C=C(C)C(=O)OCCCCNC(C)(C)CCCCCCCCCCCCCCC. The van der Waals surface area contributed by atoms with Gasteiger partial charge >= 0.3 is 5.97 Å². The van der Waals surface area contributed by atoms with Crippen LogP contribution in [0.1, 0.15) is 130 Å². The van der Waals surface area contributed by atoms with Crippen LogP contribution in [0.3, 0.4) is 0 Å². The van der Waals surface area contributed by atoms with Gasteiger partial charge in [0.05, 0.1) is 6.61 Å². The van der Waals surface area contributed by atoms with Gasteiger partial charge in [-0.25, -0.2) is 4.79 Å². The summed E-state index contributed by atoms with van der Waals surface area (Å²) < 4.78 is 5.12. The van der Waals surface area contributed by atoms with E-state index in [1.54, 1.807) is 6.92 Å². The molecule has 172 valence electrons. The third-order valence-corrected chi connectivity index (χ3v) is 5.66. The summed E-state index contributed by atoms with van der Waals surface area (Å²) in [6.07, 6.45) is 21.5. The highest BCUT2D eigenvalue weighted by atomic mass is 16.5. The van der Waals surface area contributed by atoms with E-state index in [4.69, 9.17) is 4.74 Å². The molecule has 0 rings (SSSR count). The summed E-state index contributed by atoms with van der Waals surface area (Å²) in [7, 11) is 0. The second-order valence-corrected chi connectivity index (χ2v) is 9.43. The number of hydrogen-bond acceptors (Lipinski definition) is 3. The second kappa shape index (κ2) is 19.2. The molecule has 0 radical (unpaired) electrons. The molecule has 0 heterocycles. The summed E-state index contributed by atoms with van der Waals surface area (Å²) in [5.41, 5.74) is 0.675. The zero-order valence-electron chi connectivity index (χ0n) is 20.3. The Morgan fingerprint density at radius 2 is 1.28 bits per heavy atom. The fourth-order valence-electron chi connectivity index (χ4n) is 3.62. The largest absolute Gasteiger partial charge is 0.462 e. The molecule has 0 spiro atoms. The fourth-order valence-corrected chi connectivity index (χ4v) is 3.62. The Bertz CT molecular complexity index is 404. The molecule has 3 heteroatoms. The van der Waals surface area contributed by atoms with Crippen LogP contribution in [-0.4, -0.2) is 24.7 Å². The van der Waals surface area contributed by atoms with Crippen molar-refractivity contribution in [2.24, 2.45) is 0 Å². The molecule has 0 saturated carbocycles. The number of esters is 1. The molecule has 29 heavy (non-hydrogen) atoms. The minimum Gasteiger partial charge on any atom is -0.462 e. The van der Waals surface area contributed by atoms with Crippen LogP contribution in [0, 0.1) is 0 Å². The summed E-state index contributed by atoms with van der Waals surface area (Å²) in [5.74, 6) is -0.277. The molecule has 0 aliphatic carbocycles. The number of rotatable bonds is 21. The zero-order valence-corrected chi connectivity index (χ0v) is 20.3. The molecule has 0 aliphatic rings. The number of carbonyl (C=O) groups is 1. The van der Waals surface area contributed by atoms with E-state index < -0.39 is 0 Å². The number of hydrogen-bond donors (Lipinski definition) is 1. The highest BCUT2D eigenvalue weighted by molar-refractivity contribution is 5.86. The second-order valence-electron chi connectivity index (χ2n) is 9.43. The maximum atomic E-state index is 11.3. The minimum atomic E-state index is -0.277. The number of carbonyl (C=O) groups excluding carboxylic acids is 1. The first kappa shape index (κ1) is 28.2. The van der Waals surface area contributed by atoms with Crippen LogP contribution < -0.4 is 5.32 Å². The third-order valence-electron chi connectivity index (χ3n) is 5.66. The Kier molecular flexibility index (Phi) is 18.6. The van der Waals surface area contributed by atoms with Crippen molar-refractivity contribution in [1.29, 1.82) is 0 Å². The number of ether oxygens (including phenoxy) is 1. The minimum absolute atomic E-state index is 0.201. The molecule has 0 unspecified atom stereocenters. The summed E-state index contributed by atoms with van der Waals surface area (Å²) in [4.78, 5) is 11.3. The molecule has 0 aromatic heterocycles. The van der Waals surface area contributed by atoms with Gasteiger partial charge in [0.15, 0.2) is 0 Å². The van der Waals surface area contributed by atoms with Crippen molar-refractivity contribution in [1.82, 2.24) is 5.32 Å². The molecule has 0 atom stereocenters. The average Bonchev–Trinajstić information content (AvgIpc) is 2.67. The van der Waals surface area contributed by atoms with E-state index in [-0.39, 0.29) is 11.5 Å². The van der Waals surface area contributed by atoms with Crippen molar-refractivity contribution in [3.05, 3.63) is 12.2 Å². The highest BCUT2D eigenvalue weighted by Crippen LogP contribution is 2.17. The van der Waals surface area contributed by atoms with Gasteiger partial charge in [-0.2, -0.15) is 0 Å². The van der Waals surface area contributed by atoms with Gasteiger partial charge in [0, 0.05) is 11.1 Å². The first-order valence-corrected chi connectivity index (χ1v) is 12.5. The van der Waals surface area contributed by atoms with E-state index in [0.29, 0.717) is 12.2 Å². The average molecular weight is 410 g/mol. The topological polar surface area (TPSA) is 38.3 Å². The normalized spacial score (nSPS) is 11.6. The smallest absolute Gasteiger partial charge is 0.333 e. The lowest BCUT2D eigenvalue weighted by Gasteiger charge is -2.26. The van der Waals surface area contributed by atoms with Crippen molar-refractivity contribution >= 4 is 5.97 Å². The Labute approximate surface area is 182 Å². The van der Waals surface area contributed by atoms with Crippen molar-refractivity contribution < 1.29 is 9.53 Å².